The molecule has 2 aromatic rings. The highest BCUT2D eigenvalue weighted by Gasteiger charge is 2.51. The van der Waals surface area contributed by atoms with Crippen LogP contribution < -0.4 is 10.2 Å². The number of piperidine rings is 1. The second-order valence-electron chi connectivity index (χ2n) is 9.51. The maximum atomic E-state index is 12.9. The van der Waals surface area contributed by atoms with E-state index in [2.05, 4.69) is 42.6 Å². The summed E-state index contributed by atoms with van der Waals surface area (Å²) in [5.41, 5.74) is 6.62. The lowest BCUT2D eigenvalue weighted by molar-refractivity contribution is -0.113. The quantitative estimate of drug-likeness (QED) is 0.734. The molecule has 2 bridgehead atoms. The number of amides is 1. The summed E-state index contributed by atoms with van der Waals surface area (Å²) in [6.45, 7) is 3.19. The monoisotopic (exact) mass is 400 g/mol. The minimum atomic E-state index is 0.0214. The first kappa shape index (κ1) is 19.6. The van der Waals surface area contributed by atoms with Crippen LogP contribution in [0.5, 0.6) is 0 Å². The van der Waals surface area contributed by atoms with Crippen LogP contribution in [-0.4, -0.2) is 25.5 Å². The molecule has 3 atom stereocenters. The van der Waals surface area contributed by atoms with Gasteiger partial charge in [0.1, 0.15) is 0 Å². The van der Waals surface area contributed by atoms with Crippen LogP contribution in [0.25, 0.3) is 6.08 Å². The van der Waals surface area contributed by atoms with Crippen molar-refractivity contribution in [1.29, 1.82) is 0 Å². The maximum Gasteiger partial charge on any atom is 0.250 e. The van der Waals surface area contributed by atoms with Gasteiger partial charge in [-0.05, 0) is 80.0 Å². The first-order valence-electron chi connectivity index (χ1n) is 11.5. The van der Waals surface area contributed by atoms with Crippen LogP contribution in [0, 0.1) is 12.8 Å². The summed E-state index contributed by atoms with van der Waals surface area (Å²) in [5, 5.41) is 3.80. The zero-order chi connectivity index (χ0) is 20.7. The van der Waals surface area contributed by atoms with Crippen LogP contribution in [0.3, 0.4) is 0 Å². The van der Waals surface area contributed by atoms with Crippen molar-refractivity contribution < 1.29 is 4.79 Å². The summed E-state index contributed by atoms with van der Waals surface area (Å²) in [6, 6.07) is 15.6. The molecule has 2 aliphatic carbocycles. The molecule has 30 heavy (non-hydrogen) atoms. The Hall–Kier alpha value is -2.39. The van der Waals surface area contributed by atoms with Crippen molar-refractivity contribution in [3.63, 3.8) is 0 Å². The zero-order valence-corrected chi connectivity index (χ0v) is 18.2. The van der Waals surface area contributed by atoms with Crippen LogP contribution >= 0.6 is 0 Å². The van der Waals surface area contributed by atoms with Crippen LogP contribution in [0.4, 0.5) is 5.69 Å². The molecule has 0 aromatic heterocycles. The van der Waals surface area contributed by atoms with E-state index in [0.29, 0.717) is 11.5 Å². The second-order valence-corrected chi connectivity index (χ2v) is 9.51. The molecule has 2 aromatic carbocycles. The topological polar surface area (TPSA) is 32.3 Å². The number of aryl methyl sites for hydroxylation is 1. The standard InChI is InChI=1S/C27H32N2O/c1-19-6-5-7-20(16-19)9-12-26(30)29(2)22-11-10-21-17-25-23-8-3-4-13-27(23,14-15-28-25)24(21)18-22/h5-7,9-12,16,18,23,25,28H,3-4,8,13-15,17H2,1-2H3/t23-,25+,27+/m0/s1. The Kier molecular flexibility index (Phi) is 5.02. The van der Waals surface area contributed by atoms with Gasteiger partial charge in [-0.3, -0.25) is 4.79 Å². The Bertz CT molecular complexity index is 990. The number of carbonyl (C=O) groups is 1. The van der Waals surface area contributed by atoms with Gasteiger partial charge in [-0.2, -0.15) is 0 Å². The van der Waals surface area contributed by atoms with Crippen molar-refractivity contribution in [2.75, 3.05) is 18.5 Å². The highest BCUT2D eigenvalue weighted by Crippen LogP contribution is 2.54. The molecule has 5 rings (SSSR count). The normalized spacial score (nSPS) is 27.4. The third-order valence-corrected chi connectivity index (χ3v) is 7.81. The number of carbonyl (C=O) groups excluding carboxylic acids is 1. The molecule has 156 valence electrons. The predicted molar refractivity (Wildman–Crippen MR) is 124 cm³/mol. The van der Waals surface area contributed by atoms with Crippen LogP contribution in [-0.2, 0) is 16.6 Å². The van der Waals surface area contributed by atoms with E-state index in [1.54, 1.807) is 11.0 Å². The Labute approximate surface area is 180 Å². The van der Waals surface area contributed by atoms with Crippen LogP contribution in [0.15, 0.2) is 48.5 Å². The highest BCUT2D eigenvalue weighted by atomic mass is 16.2. The lowest BCUT2D eigenvalue weighted by Crippen LogP contribution is -2.59. The van der Waals surface area contributed by atoms with E-state index in [-0.39, 0.29) is 5.91 Å². The van der Waals surface area contributed by atoms with Gasteiger partial charge in [0.05, 0.1) is 0 Å². The van der Waals surface area contributed by atoms with Gasteiger partial charge in [0.2, 0.25) is 0 Å². The maximum absolute atomic E-state index is 12.9. The summed E-state index contributed by atoms with van der Waals surface area (Å²) in [6.07, 6.45) is 11.3. The summed E-state index contributed by atoms with van der Waals surface area (Å²) in [5.74, 6) is 0.776. The molecule has 0 spiro atoms. The molecule has 3 nitrogen and oxygen atoms in total. The molecule has 1 saturated carbocycles. The van der Waals surface area contributed by atoms with Crippen molar-refractivity contribution >= 4 is 17.7 Å². The van der Waals surface area contributed by atoms with Gasteiger partial charge in [0.25, 0.3) is 5.91 Å². The van der Waals surface area contributed by atoms with Crippen molar-refractivity contribution in [3.8, 4) is 0 Å². The lowest BCUT2D eigenvalue weighted by Gasteiger charge is -2.56. The minimum absolute atomic E-state index is 0.0214. The van der Waals surface area contributed by atoms with Gasteiger partial charge >= 0.3 is 0 Å². The third-order valence-electron chi connectivity index (χ3n) is 7.81. The lowest BCUT2D eigenvalue weighted by atomic mass is 9.53. The summed E-state index contributed by atoms with van der Waals surface area (Å²) < 4.78 is 0. The van der Waals surface area contributed by atoms with E-state index in [4.69, 9.17) is 0 Å². The number of hydrogen-bond acceptors (Lipinski definition) is 2. The number of hydrogen-bond donors (Lipinski definition) is 1. The molecule has 1 heterocycles. The fourth-order valence-corrected chi connectivity index (χ4v) is 6.30. The van der Waals surface area contributed by atoms with E-state index in [1.165, 1.54) is 48.8 Å². The van der Waals surface area contributed by atoms with Gasteiger partial charge in [0.15, 0.2) is 0 Å². The first-order valence-corrected chi connectivity index (χ1v) is 11.5. The van der Waals surface area contributed by atoms with E-state index >= 15 is 0 Å². The Balaban J connectivity index is 1.43. The van der Waals surface area contributed by atoms with Crippen LogP contribution in [0.1, 0.15) is 54.4 Å². The van der Waals surface area contributed by atoms with Gasteiger partial charge < -0.3 is 10.2 Å². The fourth-order valence-electron chi connectivity index (χ4n) is 6.30. The average molecular weight is 401 g/mol. The number of anilines is 1. The summed E-state index contributed by atoms with van der Waals surface area (Å²) in [7, 11) is 1.90. The highest BCUT2D eigenvalue weighted by molar-refractivity contribution is 6.03. The third kappa shape index (κ3) is 3.30. The van der Waals surface area contributed by atoms with Crippen molar-refractivity contribution in [2.24, 2.45) is 5.92 Å². The van der Waals surface area contributed by atoms with Crippen molar-refractivity contribution in [1.82, 2.24) is 5.32 Å². The summed E-state index contributed by atoms with van der Waals surface area (Å²) >= 11 is 0. The molecule has 0 unspecified atom stereocenters. The van der Waals surface area contributed by atoms with Crippen molar-refractivity contribution in [2.45, 2.75) is 56.9 Å². The van der Waals surface area contributed by atoms with E-state index < -0.39 is 0 Å². The van der Waals surface area contributed by atoms with E-state index in [1.807, 2.05) is 25.3 Å². The number of nitrogens with one attached hydrogen (secondary N) is 1. The number of rotatable bonds is 3. The molecule has 1 saturated heterocycles. The molecule has 1 N–H and O–H groups in total. The zero-order valence-electron chi connectivity index (χ0n) is 18.2. The van der Waals surface area contributed by atoms with E-state index in [0.717, 1.165) is 30.1 Å². The number of likely N-dealkylation sites (N-methyl/N-ethyl adjacent to an activating group) is 1. The van der Waals surface area contributed by atoms with Gasteiger partial charge in [-0.25, -0.2) is 0 Å². The molecule has 2 fully saturated rings. The van der Waals surface area contributed by atoms with E-state index in [9.17, 15) is 4.79 Å². The number of nitrogens with zero attached hydrogens (tertiary/aromatic N) is 1. The summed E-state index contributed by atoms with van der Waals surface area (Å²) in [4.78, 5) is 14.7. The van der Waals surface area contributed by atoms with Gasteiger partial charge in [-0.15, -0.1) is 0 Å². The number of benzene rings is 2. The molecular formula is C27H32N2O. The molecule has 0 radical (unpaired) electrons. The minimum Gasteiger partial charge on any atom is -0.313 e. The fraction of sp³-hybridized carbons (Fsp3) is 0.444. The van der Waals surface area contributed by atoms with Gasteiger partial charge in [-0.1, -0.05) is 48.7 Å². The Morgan fingerprint density at radius 2 is 2.07 bits per heavy atom. The predicted octanol–water partition coefficient (Wildman–Crippen LogP) is 5.02. The SMILES string of the molecule is Cc1cccc(C=CC(=O)N(C)c2ccc3c(c2)[C@@]24CCCC[C@H]2[C@@H](C3)NCC4)c1. The van der Waals surface area contributed by atoms with Gasteiger partial charge in [0, 0.05) is 30.3 Å². The molecule has 3 heteroatoms. The van der Waals surface area contributed by atoms with Crippen molar-refractivity contribution in [3.05, 3.63) is 70.8 Å². The smallest absolute Gasteiger partial charge is 0.250 e. The first-order chi connectivity index (χ1) is 14.6. The Morgan fingerprint density at radius 1 is 1.17 bits per heavy atom. The Morgan fingerprint density at radius 3 is 2.93 bits per heavy atom. The second kappa shape index (κ2) is 7.70. The van der Waals surface area contributed by atoms with Crippen LogP contribution in [0.2, 0.25) is 0 Å². The molecular weight excluding hydrogens is 368 g/mol. The largest absolute Gasteiger partial charge is 0.313 e. The molecule has 1 amide bonds. The molecule has 3 aliphatic rings. The molecule has 1 aliphatic heterocycles. The average Bonchev–Trinajstić information content (AvgIpc) is 2.77. The number of fused-ring (bicyclic) bond motifs is 1.